The molecule has 4 heteroatoms. The standard InChI is InChI=1S/C16H26O4/c1-16(11-5-3-2-4-6-11)9-7-12(14(17)18)13(8-10-16)15(19)20/h11-13H,2-10H2,1H3,(H,17,18)(H,19,20). The maximum Gasteiger partial charge on any atom is 0.307 e. The minimum Gasteiger partial charge on any atom is -0.481 e. The SMILES string of the molecule is CC1(C2CCCCC2)CCC(C(=O)O)C(C(=O)O)CC1. The van der Waals surface area contributed by atoms with E-state index < -0.39 is 23.8 Å². The summed E-state index contributed by atoms with van der Waals surface area (Å²) in [5.41, 5.74) is 0.137. The van der Waals surface area contributed by atoms with Crippen molar-refractivity contribution in [2.45, 2.75) is 64.7 Å². The van der Waals surface area contributed by atoms with E-state index in [4.69, 9.17) is 0 Å². The molecule has 0 amide bonds. The molecule has 20 heavy (non-hydrogen) atoms. The molecule has 0 radical (unpaired) electrons. The van der Waals surface area contributed by atoms with Gasteiger partial charge in [-0.15, -0.1) is 0 Å². The summed E-state index contributed by atoms with van der Waals surface area (Å²) in [6, 6.07) is 0. The van der Waals surface area contributed by atoms with Crippen molar-refractivity contribution in [2.75, 3.05) is 0 Å². The fourth-order valence-corrected chi connectivity index (χ4v) is 4.30. The van der Waals surface area contributed by atoms with E-state index in [2.05, 4.69) is 6.92 Å². The van der Waals surface area contributed by atoms with Gasteiger partial charge in [0, 0.05) is 0 Å². The van der Waals surface area contributed by atoms with Gasteiger partial charge in [-0.1, -0.05) is 26.2 Å². The Kier molecular flexibility index (Phi) is 4.71. The molecule has 0 aromatic rings. The zero-order chi connectivity index (χ0) is 14.8. The van der Waals surface area contributed by atoms with Crippen LogP contribution in [0, 0.1) is 23.2 Å². The van der Waals surface area contributed by atoms with Crippen LogP contribution in [-0.4, -0.2) is 22.2 Å². The molecule has 2 aliphatic carbocycles. The van der Waals surface area contributed by atoms with Crippen LogP contribution in [0.15, 0.2) is 0 Å². The van der Waals surface area contributed by atoms with Crippen molar-refractivity contribution in [1.82, 2.24) is 0 Å². The maximum atomic E-state index is 11.3. The molecule has 2 aliphatic rings. The smallest absolute Gasteiger partial charge is 0.307 e. The van der Waals surface area contributed by atoms with Crippen molar-refractivity contribution in [3.8, 4) is 0 Å². The summed E-state index contributed by atoms with van der Waals surface area (Å²) in [5, 5.41) is 18.6. The number of rotatable bonds is 3. The third kappa shape index (κ3) is 3.15. The minimum atomic E-state index is -0.940. The maximum absolute atomic E-state index is 11.3. The second-order valence-electron chi connectivity index (χ2n) is 6.96. The van der Waals surface area contributed by atoms with Crippen LogP contribution < -0.4 is 0 Å². The highest BCUT2D eigenvalue weighted by molar-refractivity contribution is 5.80. The van der Waals surface area contributed by atoms with E-state index in [9.17, 15) is 19.8 Å². The van der Waals surface area contributed by atoms with Crippen LogP contribution in [-0.2, 0) is 9.59 Å². The van der Waals surface area contributed by atoms with Gasteiger partial charge in [0.2, 0.25) is 0 Å². The zero-order valence-corrected chi connectivity index (χ0v) is 12.3. The Morgan fingerprint density at radius 2 is 1.30 bits per heavy atom. The van der Waals surface area contributed by atoms with Gasteiger partial charge >= 0.3 is 11.9 Å². The molecular weight excluding hydrogens is 256 g/mol. The predicted octanol–water partition coefficient (Wildman–Crippen LogP) is 3.55. The Morgan fingerprint density at radius 1 is 0.850 bits per heavy atom. The summed E-state index contributed by atoms with van der Waals surface area (Å²) < 4.78 is 0. The lowest BCUT2D eigenvalue weighted by Crippen LogP contribution is -2.29. The van der Waals surface area contributed by atoms with Crippen LogP contribution in [0.5, 0.6) is 0 Å². The van der Waals surface area contributed by atoms with E-state index in [0.717, 1.165) is 12.8 Å². The van der Waals surface area contributed by atoms with Gasteiger partial charge in [0.1, 0.15) is 0 Å². The summed E-state index contributed by atoms with van der Waals surface area (Å²) in [4.78, 5) is 22.7. The van der Waals surface area contributed by atoms with Crippen LogP contribution in [0.4, 0.5) is 0 Å². The molecular formula is C16H26O4. The van der Waals surface area contributed by atoms with Crippen molar-refractivity contribution in [1.29, 1.82) is 0 Å². The predicted molar refractivity (Wildman–Crippen MR) is 75.4 cm³/mol. The van der Waals surface area contributed by atoms with E-state index >= 15 is 0 Å². The van der Waals surface area contributed by atoms with E-state index in [-0.39, 0.29) is 5.41 Å². The normalized spacial score (nSPS) is 36.2. The van der Waals surface area contributed by atoms with E-state index in [1.54, 1.807) is 0 Å². The van der Waals surface area contributed by atoms with Gasteiger partial charge in [0.25, 0.3) is 0 Å². The first-order valence-electron chi connectivity index (χ1n) is 7.89. The Balaban J connectivity index is 2.12. The quantitative estimate of drug-likeness (QED) is 0.776. The first-order valence-corrected chi connectivity index (χ1v) is 7.89. The van der Waals surface area contributed by atoms with Crippen LogP contribution in [0.2, 0.25) is 0 Å². The van der Waals surface area contributed by atoms with Crippen LogP contribution in [0.3, 0.4) is 0 Å². The average Bonchev–Trinajstić information content (AvgIpc) is 2.60. The number of hydrogen-bond donors (Lipinski definition) is 2. The van der Waals surface area contributed by atoms with E-state index in [1.165, 1.54) is 32.1 Å². The van der Waals surface area contributed by atoms with E-state index in [0.29, 0.717) is 18.8 Å². The molecule has 0 aromatic heterocycles. The topological polar surface area (TPSA) is 74.6 Å². The summed E-state index contributed by atoms with van der Waals surface area (Å²) in [5.74, 6) is -2.65. The molecule has 0 spiro atoms. The lowest BCUT2D eigenvalue weighted by atomic mass is 9.66. The molecule has 114 valence electrons. The van der Waals surface area contributed by atoms with Crippen LogP contribution >= 0.6 is 0 Å². The summed E-state index contributed by atoms with van der Waals surface area (Å²) in [7, 11) is 0. The van der Waals surface area contributed by atoms with Crippen LogP contribution in [0.1, 0.15) is 64.7 Å². The monoisotopic (exact) mass is 282 g/mol. The van der Waals surface area contributed by atoms with Crippen molar-refractivity contribution < 1.29 is 19.8 Å². The molecule has 0 aromatic carbocycles. The van der Waals surface area contributed by atoms with Gasteiger partial charge in [-0.05, 0) is 49.9 Å². The molecule has 0 bridgehead atoms. The molecule has 4 nitrogen and oxygen atoms in total. The van der Waals surface area contributed by atoms with E-state index in [1.807, 2.05) is 0 Å². The van der Waals surface area contributed by atoms with Gasteiger partial charge in [-0.25, -0.2) is 0 Å². The molecule has 0 saturated heterocycles. The molecule has 0 aliphatic heterocycles. The Bertz CT molecular complexity index is 347. The van der Waals surface area contributed by atoms with Gasteiger partial charge in [0.05, 0.1) is 11.8 Å². The lowest BCUT2D eigenvalue weighted by molar-refractivity contribution is -0.154. The Labute approximate surface area is 120 Å². The number of carboxylic acids is 2. The fraction of sp³-hybridized carbons (Fsp3) is 0.875. The molecule has 2 rings (SSSR count). The third-order valence-corrected chi connectivity index (χ3v) is 5.76. The minimum absolute atomic E-state index is 0.137. The fourth-order valence-electron chi connectivity index (χ4n) is 4.30. The van der Waals surface area contributed by atoms with Crippen molar-refractivity contribution >= 4 is 11.9 Å². The number of carbonyl (C=O) groups is 2. The van der Waals surface area contributed by atoms with Crippen molar-refractivity contribution in [2.24, 2.45) is 23.2 Å². The first kappa shape index (κ1) is 15.3. The highest BCUT2D eigenvalue weighted by atomic mass is 16.4. The third-order valence-electron chi connectivity index (χ3n) is 5.76. The number of hydrogen-bond acceptors (Lipinski definition) is 2. The van der Waals surface area contributed by atoms with Crippen LogP contribution in [0.25, 0.3) is 0 Å². The molecule has 2 atom stereocenters. The van der Waals surface area contributed by atoms with Gasteiger partial charge in [-0.2, -0.15) is 0 Å². The van der Waals surface area contributed by atoms with Gasteiger partial charge in [-0.3, -0.25) is 9.59 Å². The highest BCUT2D eigenvalue weighted by Crippen LogP contribution is 2.49. The number of carboxylic acid groups (broad SMARTS) is 2. The second-order valence-corrected chi connectivity index (χ2v) is 6.96. The Hall–Kier alpha value is -1.06. The lowest BCUT2D eigenvalue weighted by Gasteiger charge is -2.39. The second kappa shape index (κ2) is 6.15. The Morgan fingerprint density at radius 3 is 1.70 bits per heavy atom. The molecule has 2 fully saturated rings. The van der Waals surface area contributed by atoms with Crippen molar-refractivity contribution in [3.05, 3.63) is 0 Å². The molecule has 2 saturated carbocycles. The highest BCUT2D eigenvalue weighted by Gasteiger charge is 2.43. The molecule has 2 unspecified atom stereocenters. The largest absolute Gasteiger partial charge is 0.481 e. The zero-order valence-electron chi connectivity index (χ0n) is 12.3. The summed E-state index contributed by atoms with van der Waals surface area (Å²) in [6.45, 7) is 2.26. The first-order chi connectivity index (χ1) is 9.44. The number of aliphatic carboxylic acids is 2. The van der Waals surface area contributed by atoms with Gasteiger partial charge in [0.15, 0.2) is 0 Å². The molecule has 2 N–H and O–H groups in total. The van der Waals surface area contributed by atoms with Crippen molar-refractivity contribution in [3.63, 3.8) is 0 Å². The molecule has 0 heterocycles. The summed E-state index contributed by atoms with van der Waals surface area (Å²) >= 11 is 0. The average molecular weight is 282 g/mol. The summed E-state index contributed by atoms with van der Waals surface area (Å²) in [6.07, 6.45) is 9.05. The van der Waals surface area contributed by atoms with Gasteiger partial charge < -0.3 is 10.2 Å².